The van der Waals surface area contributed by atoms with Crippen molar-refractivity contribution in [3.63, 3.8) is 0 Å². The summed E-state index contributed by atoms with van der Waals surface area (Å²) in [4.78, 5) is 0. The third kappa shape index (κ3) is 3.42. The molecule has 2 aromatic rings. The van der Waals surface area contributed by atoms with Crippen molar-refractivity contribution in [2.24, 2.45) is 0 Å². The van der Waals surface area contributed by atoms with Gasteiger partial charge in [0.1, 0.15) is 17.6 Å². The third-order valence-corrected chi connectivity index (χ3v) is 3.85. The molecule has 0 radical (unpaired) electrons. The summed E-state index contributed by atoms with van der Waals surface area (Å²) in [5, 5.41) is 19.6. The lowest BCUT2D eigenvalue weighted by Gasteiger charge is -2.30. The van der Waals surface area contributed by atoms with E-state index in [1.54, 1.807) is 12.1 Å². The minimum atomic E-state index is -4.38. The molecule has 0 saturated carbocycles. The Labute approximate surface area is 131 Å². The fourth-order valence-electron chi connectivity index (χ4n) is 2.77. The van der Waals surface area contributed by atoms with E-state index < -0.39 is 23.9 Å². The number of benzene rings is 2. The highest BCUT2D eigenvalue weighted by atomic mass is 19.4. The molecule has 0 bridgehead atoms. The van der Waals surface area contributed by atoms with Crippen LogP contribution < -0.4 is 4.74 Å². The molecule has 0 aliphatic carbocycles. The molecule has 0 spiro atoms. The van der Waals surface area contributed by atoms with Crippen molar-refractivity contribution in [2.75, 3.05) is 0 Å². The van der Waals surface area contributed by atoms with Gasteiger partial charge in [-0.05, 0) is 29.8 Å². The molecule has 1 aliphatic heterocycles. The number of phenols is 1. The largest absolute Gasteiger partial charge is 0.508 e. The van der Waals surface area contributed by atoms with E-state index in [4.69, 9.17) is 4.74 Å². The first-order valence-corrected chi connectivity index (χ1v) is 7.16. The second kappa shape index (κ2) is 5.77. The third-order valence-electron chi connectivity index (χ3n) is 3.85. The number of aliphatic hydroxyl groups excluding tert-OH is 1. The van der Waals surface area contributed by atoms with Gasteiger partial charge in [0.25, 0.3) is 0 Å². The summed E-state index contributed by atoms with van der Waals surface area (Å²) in [6.07, 6.45) is -5.10. The maximum atomic E-state index is 12.7. The van der Waals surface area contributed by atoms with Gasteiger partial charge in [-0.25, -0.2) is 0 Å². The van der Waals surface area contributed by atoms with Crippen molar-refractivity contribution in [2.45, 2.75) is 31.2 Å². The van der Waals surface area contributed by atoms with E-state index in [9.17, 15) is 23.4 Å². The van der Waals surface area contributed by atoms with Crippen LogP contribution in [0.25, 0.3) is 0 Å². The van der Waals surface area contributed by atoms with Gasteiger partial charge in [0.05, 0.1) is 11.7 Å². The summed E-state index contributed by atoms with van der Waals surface area (Å²) in [7, 11) is 0. The van der Waals surface area contributed by atoms with Crippen LogP contribution in [0.3, 0.4) is 0 Å². The molecule has 2 unspecified atom stereocenters. The first kappa shape index (κ1) is 15.7. The molecule has 3 nitrogen and oxygen atoms in total. The normalized spacial score (nSPS) is 20.7. The van der Waals surface area contributed by atoms with Gasteiger partial charge in [0.2, 0.25) is 0 Å². The molecule has 0 aromatic heterocycles. The SMILES string of the molecule is Oc1ccc2c(c1)C(O)CC(Cc1cccc(C(F)(F)F)c1)O2. The van der Waals surface area contributed by atoms with Crippen LogP contribution >= 0.6 is 0 Å². The topological polar surface area (TPSA) is 49.7 Å². The Balaban J connectivity index is 1.79. The zero-order valence-electron chi connectivity index (χ0n) is 12.0. The van der Waals surface area contributed by atoms with Crippen LogP contribution in [0.15, 0.2) is 42.5 Å². The molecule has 0 saturated heterocycles. The summed E-state index contributed by atoms with van der Waals surface area (Å²) >= 11 is 0. The number of ether oxygens (including phenoxy) is 1. The maximum absolute atomic E-state index is 12.7. The average Bonchev–Trinajstić information content (AvgIpc) is 2.48. The second-order valence-electron chi connectivity index (χ2n) is 5.62. The van der Waals surface area contributed by atoms with Gasteiger partial charge in [-0.2, -0.15) is 13.2 Å². The Morgan fingerprint density at radius 1 is 1.13 bits per heavy atom. The number of aliphatic hydroxyl groups is 1. The van der Waals surface area contributed by atoms with Crippen LogP contribution in [0.2, 0.25) is 0 Å². The predicted octanol–water partition coefficient (Wildman–Crippen LogP) is 3.84. The summed E-state index contributed by atoms with van der Waals surface area (Å²) in [6.45, 7) is 0. The van der Waals surface area contributed by atoms with E-state index in [1.165, 1.54) is 18.2 Å². The van der Waals surface area contributed by atoms with Crippen molar-refractivity contribution in [1.82, 2.24) is 0 Å². The Morgan fingerprint density at radius 2 is 1.91 bits per heavy atom. The van der Waals surface area contributed by atoms with E-state index in [0.29, 0.717) is 16.9 Å². The lowest BCUT2D eigenvalue weighted by Crippen LogP contribution is -2.27. The van der Waals surface area contributed by atoms with Crippen molar-refractivity contribution in [3.8, 4) is 11.5 Å². The standard InChI is InChI=1S/C17H15F3O3/c18-17(19,20)11-3-1-2-10(6-11)7-13-9-15(22)14-8-12(21)4-5-16(14)23-13/h1-6,8,13,15,21-22H,7,9H2. The number of hydrogen-bond acceptors (Lipinski definition) is 3. The molecule has 6 heteroatoms. The van der Waals surface area contributed by atoms with Crippen LogP contribution in [-0.4, -0.2) is 16.3 Å². The summed E-state index contributed by atoms with van der Waals surface area (Å²) < 4.78 is 44.0. The summed E-state index contributed by atoms with van der Waals surface area (Å²) in [5.41, 5.74) is 0.293. The Hall–Kier alpha value is -2.21. The Morgan fingerprint density at radius 3 is 2.65 bits per heavy atom. The molecule has 0 amide bonds. The molecule has 122 valence electrons. The Bertz CT molecular complexity index is 712. The molecule has 2 N–H and O–H groups in total. The number of rotatable bonds is 2. The minimum absolute atomic E-state index is 0.0303. The van der Waals surface area contributed by atoms with Crippen molar-refractivity contribution >= 4 is 0 Å². The van der Waals surface area contributed by atoms with E-state index in [2.05, 4.69) is 0 Å². The smallest absolute Gasteiger partial charge is 0.416 e. The van der Waals surface area contributed by atoms with Gasteiger partial charge in [-0.1, -0.05) is 18.2 Å². The fraction of sp³-hybridized carbons (Fsp3) is 0.294. The lowest BCUT2D eigenvalue weighted by molar-refractivity contribution is -0.137. The van der Waals surface area contributed by atoms with Crippen molar-refractivity contribution in [3.05, 3.63) is 59.2 Å². The quantitative estimate of drug-likeness (QED) is 0.882. The molecule has 23 heavy (non-hydrogen) atoms. The van der Waals surface area contributed by atoms with Crippen molar-refractivity contribution < 1.29 is 28.1 Å². The highest BCUT2D eigenvalue weighted by molar-refractivity contribution is 5.42. The van der Waals surface area contributed by atoms with Gasteiger partial charge in [-0.15, -0.1) is 0 Å². The van der Waals surface area contributed by atoms with E-state index in [0.717, 1.165) is 12.1 Å². The van der Waals surface area contributed by atoms with E-state index >= 15 is 0 Å². The fourth-order valence-corrected chi connectivity index (χ4v) is 2.77. The van der Waals surface area contributed by atoms with E-state index in [1.807, 2.05) is 0 Å². The summed E-state index contributed by atoms with van der Waals surface area (Å²) in [5.74, 6) is 0.473. The maximum Gasteiger partial charge on any atom is 0.416 e. The number of halogens is 3. The minimum Gasteiger partial charge on any atom is -0.508 e. The van der Waals surface area contributed by atoms with Gasteiger partial charge in [0, 0.05) is 18.4 Å². The number of aromatic hydroxyl groups is 1. The number of alkyl halides is 3. The van der Waals surface area contributed by atoms with Gasteiger partial charge in [-0.3, -0.25) is 0 Å². The average molecular weight is 324 g/mol. The van der Waals surface area contributed by atoms with Crippen LogP contribution in [0.4, 0.5) is 13.2 Å². The first-order valence-electron chi connectivity index (χ1n) is 7.16. The van der Waals surface area contributed by atoms with Crippen LogP contribution in [0, 0.1) is 0 Å². The number of hydrogen-bond donors (Lipinski definition) is 2. The first-order chi connectivity index (χ1) is 10.8. The molecular formula is C17H15F3O3. The monoisotopic (exact) mass is 324 g/mol. The molecule has 0 fully saturated rings. The number of phenolic OH excluding ortho intramolecular Hbond substituents is 1. The molecule has 3 rings (SSSR count). The highest BCUT2D eigenvalue weighted by Gasteiger charge is 2.31. The lowest BCUT2D eigenvalue weighted by atomic mass is 9.94. The Kier molecular flexibility index (Phi) is 3.93. The molecule has 2 aromatic carbocycles. The van der Waals surface area contributed by atoms with Crippen molar-refractivity contribution in [1.29, 1.82) is 0 Å². The molecular weight excluding hydrogens is 309 g/mol. The van der Waals surface area contributed by atoms with Crippen LogP contribution in [-0.2, 0) is 12.6 Å². The number of fused-ring (bicyclic) bond motifs is 1. The molecule has 1 aliphatic rings. The van der Waals surface area contributed by atoms with Crippen LogP contribution in [0.5, 0.6) is 11.5 Å². The molecule has 2 atom stereocenters. The highest BCUT2D eigenvalue weighted by Crippen LogP contribution is 2.38. The van der Waals surface area contributed by atoms with Gasteiger partial charge >= 0.3 is 6.18 Å². The second-order valence-corrected chi connectivity index (χ2v) is 5.62. The predicted molar refractivity (Wildman–Crippen MR) is 77.2 cm³/mol. The van der Waals surface area contributed by atoms with Crippen LogP contribution in [0.1, 0.15) is 29.2 Å². The molecule has 1 heterocycles. The van der Waals surface area contributed by atoms with Gasteiger partial charge in [0.15, 0.2) is 0 Å². The zero-order valence-corrected chi connectivity index (χ0v) is 12.0. The van der Waals surface area contributed by atoms with Gasteiger partial charge < -0.3 is 14.9 Å². The summed E-state index contributed by atoms with van der Waals surface area (Å²) in [6, 6.07) is 9.52. The zero-order chi connectivity index (χ0) is 16.6. The van der Waals surface area contributed by atoms with E-state index in [-0.39, 0.29) is 18.6 Å².